The van der Waals surface area contributed by atoms with E-state index >= 15 is 0 Å². The lowest BCUT2D eigenvalue weighted by molar-refractivity contribution is -0.121. The molecule has 0 saturated heterocycles. The van der Waals surface area contributed by atoms with E-state index < -0.39 is 0 Å². The first kappa shape index (κ1) is 16.2. The van der Waals surface area contributed by atoms with Gasteiger partial charge in [-0.2, -0.15) is 0 Å². The van der Waals surface area contributed by atoms with Crippen molar-refractivity contribution in [1.29, 1.82) is 0 Å². The monoisotopic (exact) mass is 326 g/mol. The predicted molar refractivity (Wildman–Crippen MR) is 94.1 cm³/mol. The molecule has 0 fully saturated rings. The minimum absolute atomic E-state index is 0.0263. The van der Waals surface area contributed by atoms with E-state index in [0.29, 0.717) is 30.6 Å². The molecular formula is C18H22N4O2. The van der Waals surface area contributed by atoms with Gasteiger partial charge in [0.05, 0.1) is 5.52 Å². The molecule has 0 bridgehead atoms. The molecule has 3 aromatic rings. The average Bonchev–Trinajstić information content (AvgIpc) is 3.08. The van der Waals surface area contributed by atoms with E-state index in [4.69, 9.17) is 0 Å². The number of fused-ring (bicyclic) bond motifs is 3. The van der Waals surface area contributed by atoms with Gasteiger partial charge in [-0.05, 0) is 44.0 Å². The summed E-state index contributed by atoms with van der Waals surface area (Å²) >= 11 is 0. The first-order chi connectivity index (χ1) is 11.6. The number of amides is 1. The zero-order chi connectivity index (χ0) is 17.1. The molecule has 0 aromatic carbocycles. The Kier molecular flexibility index (Phi) is 4.64. The number of carbonyl (C=O) groups excluding carboxylic acids is 1. The van der Waals surface area contributed by atoms with Crippen LogP contribution in [0.2, 0.25) is 0 Å². The van der Waals surface area contributed by atoms with Gasteiger partial charge in [0.1, 0.15) is 5.52 Å². The number of pyridine rings is 1. The van der Waals surface area contributed by atoms with Gasteiger partial charge in [-0.3, -0.25) is 14.2 Å². The molecule has 3 aromatic heterocycles. The molecule has 6 heteroatoms. The fourth-order valence-electron chi connectivity index (χ4n) is 2.84. The normalized spacial score (nSPS) is 12.6. The second-order valence-corrected chi connectivity index (χ2v) is 6.05. The van der Waals surface area contributed by atoms with Crippen LogP contribution in [0.3, 0.4) is 0 Å². The number of hydrogen-bond acceptors (Lipinski definition) is 3. The van der Waals surface area contributed by atoms with Crippen molar-refractivity contribution in [3.63, 3.8) is 0 Å². The van der Waals surface area contributed by atoms with Crippen molar-refractivity contribution in [2.24, 2.45) is 0 Å². The largest absolute Gasteiger partial charge is 0.354 e. The van der Waals surface area contributed by atoms with Gasteiger partial charge >= 0.3 is 0 Å². The standard InChI is InChI=1S/C18H22N4O2/c1-3-13(2)20-16(23)9-6-12-22-17-14(7-4-10-19-17)21-11-5-8-15(21)18(22)24/h4-5,7-8,10-11,13H,3,6,9,12H2,1-2H3,(H,20,23)/t13-/m0/s1. The number of carbonyl (C=O) groups is 1. The van der Waals surface area contributed by atoms with Crippen LogP contribution in [0.25, 0.3) is 16.7 Å². The van der Waals surface area contributed by atoms with E-state index in [1.165, 1.54) is 0 Å². The number of hydrogen-bond donors (Lipinski definition) is 1. The SMILES string of the molecule is CC[C@H](C)NC(=O)CCCn1c(=O)c2cccn2c2cccnc21. The van der Waals surface area contributed by atoms with Crippen LogP contribution in [-0.4, -0.2) is 25.9 Å². The molecular weight excluding hydrogens is 304 g/mol. The third kappa shape index (κ3) is 3.04. The highest BCUT2D eigenvalue weighted by Crippen LogP contribution is 2.13. The molecule has 1 amide bonds. The van der Waals surface area contributed by atoms with E-state index in [2.05, 4.69) is 10.3 Å². The number of rotatable bonds is 6. The van der Waals surface area contributed by atoms with Crippen LogP contribution < -0.4 is 10.9 Å². The summed E-state index contributed by atoms with van der Waals surface area (Å²) in [6.07, 6.45) is 5.46. The van der Waals surface area contributed by atoms with Gasteiger partial charge in [0.2, 0.25) is 5.91 Å². The summed E-state index contributed by atoms with van der Waals surface area (Å²) in [5.74, 6) is 0.0263. The van der Waals surface area contributed by atoms with Gasteiger partial charge in [-0.25, -0.2) is 4.98 Å². The maximum atomic E-state index is 12.7. The molecule has 1 atom stereocenters. The van der Waals surface area contributed by atoms with Crippen LogP contribution in [0.1, 0.15) is 33.1 Å². The summed E-state index contributed by atoms with van der Waals surface area (Å²) in [5.41, 5.74) is 2.09. The van der Waals surface area contributed by atoms with E-state index in [-0.39, 0.29) is 17.5 Å². The van der Waals surface area contributed by atoms with Crippen molar-refractivity contribution in [3.8, 4) is 0 Å². The Balaban J connectivity index is 1.85. The van der Waals surface area contributed by atoms with Crippen molar-refractivity contribution >= 4 is 22.6 Å². The van der Waals surface area contributed by atoms with Crippen molar-refractivity contribution in [1.82, 2.24) is 19.3 Å². The quantitative estimate of drug-likeness (QED) is 0.756. The molecule has 126 valence electrons. The molecule has 3 rings (SSSR count). The Morgan fingerprint density at radius 3 is 2.88 bits per heavy atom. The number of nitrogens with one attached hydrogen (secondary N) is 1. The summed E-state index contributed by atoms with van der Waals surface area (Å²) in [6.45, 7) is 4.50. The van der Waals surface area contributed by atoms with Gasteiger partial charge in [0, 0.05) is 31.4 Å². The molecule has 24 heavy (non-hydrogen) atoms. The number of aryl methyl sites for hydroxylation is 1. The fourth-order valence-corrected chi connectivity index (χ4v) is 2.84. The van der Waals surface area contributed by atoms with E-state index in [1.807, 2.05) is 42.6 Å². The molecule has 6 nitrogen and oxygen atoms in total. The Labute approximate surface area is 140 Å². The molecule has 0 saturated carbocycles. The fraction of sp³-hybridized carbons (Fsp3) is 0.389. The van der Waals surface area contributed by atoms with Crippen LogP contribution in [0.4, 0.5) is 0 Å². The lowest BCUT2D eigenvalue weighted by atomic mass is 10.2. The van der Waals surface area contributed by atoms with Crippen LogP contribution in [0.15, 0.2) is 41.5 Å². The second-order valence-electron chi connectivity index (χ2n) is 6.05. The first-order valence-corrected chi connectivity index (χ1v) is 8.35. The zero-order valence-electron chi connectivity index (χ0n) is 14.0. The average molecular weight is 326 g/mol. The Bertz CT molecular complexity index is 926. The second kappa shape index (κ2) is 6.86. The molecule has 0 aliphatic rings. The third-order valence-corrected chi connectivity index (χ3v) is 4.30. The van der Waals surface area contributed by atoms with Crippen molar-refractivity contribution in [2.75, 3.05) is 0 Å². The highest BCUT2D eigenvalue weighted by molar-refractivity contribution is 5.76. The van der Waals surface area contributed by atoms with Gasteiger partial charge < -0.3 is 9.72 Å². The van der Waals surface area contributed by atoms with Crippen LogP contribution in [-0.2, 0) is 11.3 Å². The Hall–Kier alpha value is -2.63. The van der Waals surface area contributed by atoms with Gasteiger partial charge in [0.15, 0.2) is 5.65 Å². The molecule has 1 N–H and O–H groups in total. The minimum Gasteiger partial charge on any atom is -0.354 e. The van der Waals surface area contributed by atoms with Gasteiger partial charge in [0.25, 0.3) is 5.56 Å². The van der Waals surface area contributed by atoms with E-state index in [0.717, 1.165) is 11.9 Å². The highest BCUT2D eigenvalue weighted by atomic mass is 16.1. The molecule has 0 unspecified atom stereocenters. The topological polar surface area (TPSA) is 68.4 Å². The minimum atomic E-state index is -0.0754. The van der Waals surface area contributed by atoms with Crippen molar-refractivity contribution in [3.05, 3.63) is 47.0 Å². The summed E-state index contributed by atoms with van der Waals surface area (Å²) in [4.78, 5) is 29.0. The third-order valence-electron chi connectivity index (χ3n) is 4.30. The van der Waals surface area contributed by atoms with Crippen LogP contribution in [0, 0.1) is 0 Å². The molecule has 3 heterocycles. The predicted octanol–water partition coefficient (Wildman–Crippen LogP) is 2.34. The lowest BCUT2D eigenvalue weighted by Crippen LogP contribution is -2.32. The van der Waals surface area contributed by atoms with Crippen molar-refractivity contribution < 1.29 is 4.79 Å². The summed E-state index contributed by atoms with van der Waals surface area (Å²) in [5, 5.41) is 2.95. The molecule has 0 aliphatic carbocycles. The summed E-state index contributed by atoms with van der Waals surface area (Å²) < 4.78 is 3.53. The maximum Gasteiger partial charge on any atom is 0.276 e. The molecule has 0 aliphatic heterocycles. The van der Waals surface area contributed by atoms with Gasteiger partial charge in [-0.1, -0.05) is 6.92 Å². The van der Waals surface area contributed by atoms with Crippen LogP contribution in [0.5, 0.6) is 0 Å². The van der Waals surface area contributed by atoms with Crippen molar-refractivity contribution in [2.45, 2.75) is 45.7 Å². The summed E-state index contributed by atoms with van der Waals surface area (Å²) in [6, 6.07) is 7.64. The number of nitrogens with zero attached hydrogens (tertiary/aromatic N) is 3. The van der Waals surface area contributed by atoms with E-state index in [9.17, 15) is 9.59 Å². The molecule has 0 radical (unpaired) electrons. The maximum absolute atomic E-state index is 12.7. The summed E-state index contributed by atoms with van der Waals surface area (Å²) in [7, 11) is 0. The Morgan fingerprint density at radius 1 is 1.29 bits per heavy atom. The van der Waals surface area contributed by atoms with Crippen LogP contribution >= 0.6 is 0 Å². The lowest BCUT2D eigenvalue weighted by Gasteiger charge is -2.13. The Morgan fingerprint density at radius 2 is 2.08 bits per heavy atom. The van der Waals surface area contributed by atoms with E-state index in [1.54, 1.807) is 16.8 Å². The zero-order valence-corrected chi connectivity index (χ0v) is 14.0. The number of aromatic nitrogens is 3. The molecule has 0 spiro atoms. The highest BCUT2D eigenvalue weighted by Gasteiger charge is 2.12. The smallest absolute Gasteiger partial charge is 0.276 e. The first-order valence-electron chi connectivity index (χ1n) is 8.35. The van der Waals surface area contributed by atoms with Gasteiger partial charge in [-0.15, -0.1) is 0 Å².